The average Bonchev–Trinajstić information content (AvgIpc) is 2.75. The van der Waals surface area contributed by atoms with Gasteiger partial charge in [0.15, 0.2) is 0 Å². The van der Waals surface area contributed by atoms with Crippen molar-refractivity contribution in [2.45, 2.75) is 6.92 Å². The van der Waals surface area contributed by atoms with Crippen molar-refractivity contribution in [3.63, 3.8) is 0 Å². The minimum absolute atomic E-state index is 0.156. The SMILES string of the molecule is Cc1nc(C(=O)N(C)c2cccnc2)n[nH]1. The minimum Gasteiger partial charge on any atom is -0.307 e. The topological polar surface area (TPSA) is 74.8 Å². The Bertz CT molecular complexity index is 493. The van der Waals surface area contributed by atoms with E-state index in [4.69, 9.17) is 0 Å². The number of aryl methyl sites for hydroxylation is 1. The highest BCUT2D eigenvalue weighted by molar-refractivity contribution is 6.02. The zero-order valence-electron chi connectivity index (χ0n) is 9.01. The number of H-pyrrole nitrogens is 1. The van der Waals surface area contributed by atoms with Crippen LogP contribution in [0, 0.1) is 6.92 Å². The smallest absolute Gasteiger partial charge is 0.297 e. The molecule has 0 saturated heterocycles. The summed E-state index contributed by atoms with van der Waals surface area (Å²) in [5, 5.41) is 6.45. The van der Waals surface area contributed by atoms with Crippen LogP contribution in [0.25, 0.3) is 0 Å². The fourth-order valence-corrected chi connectivity index (χ4v) is 1.26. The molecule has 2 heterocycles. The molecule has 6 nitrogen and oxygen atoms in total. The molecule has 0 fully saturated rings. The Morgan fingerprint density at radius 1 is 1.50 bits per heavy atom. The van der Waals surface area contributed by atoms with E-state index in [0.29, 0.717) is 11.5 Å². The van der Waals surface area contributed by atoms with Crippen LogP contribution in [-0.2, 0) is 0 Å². The Balaban J connectivity index is 2.23. The van der Waals surface area contributed by atoms with Gasteiger partial charge >= 0.3 is 0 Å². The van der Waals surface area contributed by atoms with Crippen LogP contribution < -0.4 is 4.90 Å². The van der Waals surface area contributed by atoms with Gasteiger partial charge in [-0.25, -0.2) is 4.98 Å². The molecule has 0 unspecified atom stereocenters. The highest BCUT2D eigenvalue weighted by Gasteiger charge is 2.17. The maximum Gasteiger partial charge on any atom is 0.297 e. The third kappa shape index (κ3) is 1.90. The van der Waals surface area contributed by atoms with Gasteiger partial charge in [0.25, 0.3) is 5.91 Å². The van der Waals surface area contributed by atoms with E-state index in [1.54, 1.807) is 38.5 Å². The minimum atomic E-state index is -0.266. The molecular weight excluding hydrogens is 206 g/mol. The van der Waals surface area contributed by atoms with E-state index in [-0.39, 0.29) is 11.7 Å². The molecule has 0 aromatic carbocycles. The molecule has 1 amide bonds. The molecule has 2 aromatic heterocycles. The third-order valence-corrected chi connectivity index (χ3v) is 2.13. The van der Waals surface area contributed by atoms with Gasteiger partial charge in [-0.15, -0.1) is 5.10 Å². The van der Waals surface area contributed by atoms with Gasteiger partial charge in [0, 0.05) is 13.2 Å². The zero-order valence-corrected chi connectivity index (χ0v) is 9.01. The van der Waals surface area contributed by atoms with Crippen molar-refractivity contribution >= 4 is 11.6 Å². The fraction of sp³-hybridized carbons (Fsp3) is 0.200. The third-order valence-electron chi connectivity index (χ3n) is 2.13. The molecule has 16 heavy (non-hydrogen) atoms. The first-order chi connectivity index (χ1) is 7.68. The Labute approximate surface area is 92.3 Å². The van der Waals surface area contributed by atoms with Crippen LogP contribution in [0.4, 0.5) is 5.69 Å². The first-order valence-corrected chi connectivity index (χ1v) is 4.75. The summed E-state index contributed by atoms with van der Waals surface area (Å²) in [5.41, 5.74) is 0.704. The largest absolute Gasteiger partial charge is 0.307 e. The summed E-state index contributed by atoms with van der Waals surface area (Å²) >= 11 is 0. The number of carbonyl (C=O) groups excluding carboxylic acids is 1. The predicted octanol–water partition coefficient (Wildman–Crippen LogP) is 0.785. The van der Waals surface area contributed by atoms with Gasteiger partial charge in [0.2, 0.25) is 5.82 Å². The van der Waals surface area contributed by atoms with E-state index in [9.17, 15) is 4.79 Å². The summed E-state index contributed by atoms with van der Waals surface area (Å²) in [6.07, 6.45) is 3.26. The van der Waals surface area contributed by atoms with Gasteiger partial charge in [0.05, 0.1) is 11.9 Å². The van der Waals surface area contributed by atoms with Crippen molar-refractivity contribution < 1.29 is 4.79 Å². The lowest BCUT2D eigenvalue weighted by Gasteiger charge is -2.14. The summed E-state index contributed by atoms with van der Waals surface area (Å²) in [5.74, 6) is 0.504. The Morgan fingerprint density at radius 2 is 2.31 bits per heavy atom. The predicted molar refractivity (Wildman–Crippen MR) is 58.1 cm³/mol. The van der Waals surface area contributed by atoms with Gasteiger partial charge in [0.1, 0.15) is 5.82 Å². The van der Waals surface area contributed by atoms with Gasteiger partial charge in [-0.1, -0.05) is 0 Å². The van der Waals surface area contributed by atoms with Crippen molar-refractivity contribution in [1.29, 1.82) is 0 Å². The number of rotatable bonds is 2. The zero-order chi connectivity index (χ0) is 11.5. The lowest BCUT2D eigenvalue weighted by molar-refractivity contribution is 0.0983. The number of anilines is 1. The lowest BCUT2D eigenvalue weighted by Crippen LogP contribution is -2.27. The van der Waals surface area contributed by atoms with Crippen LogP contribution >= 0.6 is 0 Å². The van der Waals surface area contributed by atoms with Gasteiger partial charge in [-0.3, -0.25) is 14.9 Å². The van der Waals surface area contributed by atoms with E-state index in [2.05, 4.69) is 20.2 Å². The standard InChI is InChI=1S/C10H11N5O/c1-7-12-9(14-13-7)10(16)15(2)8-4-3-5-11-6-8/h3-6H,1-2H3,(H,12,13,14). The maximum absolute atomic E-state index is 11.9. The fourth-order valence-electron chi connectivity index (χ4n) is 1.26. The quantitative estimate of drug-likeness (QED) is 0.806. The highest BCUT2D eigenvalue weighted by Crippen LogP contribution is 2.11. The molecule has 0 aliphatic carbocycles. The number of pyridine rings is 1. The number of amides is 1. The van der Waals surface area contributed by atoms with Gasteiger partial charge in [-0.05, 0) is 19.1 Å². The Morgan fingerprint density at radius 3 is 2.88 bits per heavy atom. The van der Waals surface area contributed by atoms with Crippen molar-refractivity contribution in [2.75, 3.05) is 11.9 Å². The lowest BCUT2D eigenvalue weighted by atomic mass is 10.3. The van der Waals surface area contributed by atoms with E-state index in [1.807, 2.05) is 0 Å². The molecule has 2 aromatic rings. The van der Waals surface area contributed by atoms with Crippen LogP contribution in [0.1, 0.15) is 16.4 Å². The summed E-state index contributed by atoms with van der Waals surface area (Å²) in [6.45, 7) is 1.74. The Kier molecular flexibility index (Phi) is 2.63. The number of hydrogen-bond donors (Lipinski definition) is 1. The molecule has 0 radical (unpaired) electrons. The second-order valence-corrected chi connectivity index (χ2v) is 3.32. The molecule has 6 heteroatoms. The molecule has 0 bridgehead atoms. The number of carbonyl (C=O) groups is 1. The second kappa shape index (κ2) is 4.09. The van der Waals surface area contributed by atoms with Gasteiger partial charge < -0.3 is 4.90 Å². The van der Waals surface area contributed by atoms with Crippen molar-refractivity contribution in [3.8, 4) is 0 Å². The summed E-state index contributed by atoms with van der Waals surface area (Å²) < 4.78 is 0. The molecule has 1 N–H and O–H groups in total. The van der Waals surface area contributed by atoms with Crippen LogP contribution in [-0.4, -0.2) is 33.1 Å². The molecule has 0 aliphatic heterocycles. The molecule has 0 saturated carbocycles. The molecule has 0 atom stereocenters. The molecular formula is C10H11N5O. The molecule has 0 aliphatic rings. The van der Waals surface area contributed by atoms with Crippen molar-refractivity contribution in [1.82, 2.24) is 20.2 Å². The van der Waals surface area contributed by atoms with Crippen LogP contribution in [0.15, 0.2) is 24.5 Å². The average molecular weight is 217 g/mol. The van der Waals surface area contributed by atoms with Crippen molar-refractivity contribution in [2.24, 2.45) is 0 Å². The van der Waals surface area contributed by atoms with E-state index in [1.165, 1.54) is 4.90 Å². The van der Waals surface area contributed by atoms with Gasteiger partial charge in [-0.2, -0.15) is 0 Å². The number of nitrogens with zero attached hydrogens (tertiary/aromatic N) is 4. The van der Waals surface area contributed by atoms with Crippen LogP contribution in [0.5, 0.6) is 0 Å². The van der Waals surface area contributed by atoms with E-state index in [0.717, 1.165) is 0 Å². The van der Waals surface area contributed by atoms with Crippen LogP contribution in [0.2, 0.25) is 0 Å². The van der Waals surface area contributed by atoms with E-state index >= 15 is 0 Å². The first kappa shape index (κ1) is 10.3. The van der Waals surface area contributed by atoms with Crippen LogP contribution in [0.3, 0.4) is 0 Å². The van der Waals surface area contributed by atoms with Crippen molar-refractivity contribution in [3.05, 3.63) is 36.2 Å². The summed E-state index contributed by atoms with van der Waals surface area (Å²) in [7, 11) is 1.66. The first-order valence-electron chi connectivity index (χ1n) is 4.75. The Hall–Kier alpha value is -2.24. The normalized spacial score (nSPS) is 10.1. The monoisotopic (exact) mass is 217 g/mol. The number of aromatic amines is 1. The molecule has 2 rings (SSSR count). The highest BCUT2D eigenvalue weighted by atomic mass is 16.2. The number of nitrogens with one attached hydrogen (secondary N) is 1. The molecule has 0 spiro atoms. The number of aromatic nitrogens is 4. The number of hydrogen-bond acceptors (Lipinski definition) is 4. The summed E-state index contributed by atoms with van der Waals surface area (Å²) in [6, 6.07) is 3.56. The second-order valence-electron chi connectivity index (χ2n) is 3.32. The molecule has 82 valence electrons. The van der Waals surface area contributed by atoms with E-state index < -0.39 is 0 Å². The maximum atomic E-state index is 11.9. The summed E-state index contributed by atoms with van der Waals surface area (Å²) in [4.78, 5) is 21.3.